The van der Waals surface area contributed by atoms with Crippen LogP contribution in [0.25, 0.3) is 10.9 Å². The number of rotatable bonds is 19. The minimum absolute atomic E-state index is 0.0336. The number of pyridine rings is 1. The Balaban J connectivity index is 1.52. The monoisotopic (exact) mass is 685 g/mol. The second kappa shape index (κ2) is 19.1. The molecule has 2 aromatic carbocycles. The second-order valence-electron chi connectivity index (χ2n) is 13.4. The summed E-state index contributed by atoms with van der Waals surface area (Å²) in [5, 5.41) is 3.68. The molecule has 0 bridgehead atoms. The van der Waals surface area contributed by atoms with Crippen LogP contribution >= 0.6 is 0 Å². The molecule has 3 aromatic rings. The molecule has 10 nitrogen and oxygen atoms in total. The number of amides is 4. The first-order valence-electron chi connectivity index (χ1n) is 18.5. The number of benzene rings is 2. The smallest absolute Gasteiger partial charge is 0.256 e. The molecule has 50 heavy (non-hydrogen) atoms. The Kier molecular flexibility index (Phi) is 14.6. The maximum Gasteiger partial charge on any atom is 0.256 e. The van der Waals surface area contributed by atoms with Gasteiger partial charge in [-0.2, -0.15) is 0 Å². The first kappa shape index (κ1) is 38.3. The fourth-order valence-electron chi connectivity index (χ4n) is 6.65. The van der Waals surface area contributed by atoms with Crippen LogP contribution in [0.4, 0.5) is 0 Å². The summed E-state index contributed by atoms with van der Waals surface area (Å²) in [6, 6.07) is 15.3. The van der Waals surface area contributed by atoms with E-state index in [4.69, 9.17) is 10.5 Å². The Bertz CT molecular complexity index is 1560. The van der Waals surface area contributed by atoms with Crippen molar-refractivity contribution in [1.29, 1.82) is 0 Å². The Morgan fingerprint density at radius 2 is 1.60 bits per heavy atom. The summed E-state index contributed by atoms with van der Waals surface area (Å²) in [6.07, 6.45) is 9.24. The van der Waals surface area contributed by atoms with Crippen LogP contribution in [0.2, 0.25) is 0 Å². The average Bonchev–Trinajstić information content (AvgIpc) is 3.54. The maximum atomic E-state index is 14.2. The molecule has 270 valence electrons. The largest absolute Gasteiger partial charge is 0.488 e. The number of para-hydroxylation sites is 1. The fourth-order valence-corrected chi connectivity index (χ4v) is 6.65. The second-order valence-corrected chi connectivity index (χ2v) is 13.4. The number of nitrogens with zero attached hydrogens (tertiary/aromatic N) is 3. The topological polar surface area (TPSA) is 135 Å². The summed E-state index contributed by atoms with van der Waals surface area (Å²) in [4.78, 5) is 61.3. The van der Waals surface area contributed by atoms with Crippen molar-refractivity contribution < 1.29 is 23.9 Å². The van der Waals surface area contributed by atoms with E-state index in [1.54, 1.807) is 11.1 Å². The van der Waals surface area contributed by atoms with Crippen molar-refractivity contribution in [3.8, 4) is 5.75 Å². The van der Waals surface area contributed by atoms with Gasteiger partial charge in [-0.05, 0) is 55.5 Å². The van der Waals surface area contributed by atoms with E-state index in [-0.39, 0.29) is 36.6 Å². The summed E-state index contributed by atoms with van der Waals surface area (Å²) < 4.78 is 6.41. The highest BCUT2D eigenvalue weighted by atomic mass is 16.5. The normalized spacial score (nSPS) is 16.4. The number of fused-ring (bicyclic) bond motifs is 1. The van der Waals surface area contributed by atoms with E-state index in [0.717, 1.165) is 55.0 Å². The lowest BCUT2D eigenvalue weighted by molar-refractivity contribution is -0.135. The molecule has 1 aromatic heterocycles. The molecule has 0 saturated carbocycles. The Morgan fingerprint density at radius 1 is 0.940 bits per heavy atom. The van der Waals surface area contributed by atoms with Crippen molar-refractivity contribution in [2.75, 3.05) is 19.6 Å². The lowest BCUT2D eigenvalue weighted by atomic mass is 10.0. The molecule has 4 rings (SSSR count). The van der Waals surface area contributed by atoms with Crippen LogP contribution in [0.1, 0.15) is 101 Å². The van der Waals surface area contributed by atoms with Gasteiger partial charge in [0.05, 0.1) is 17.6 Å². The number of likely N-dealkylation sites (tertiary alicyclic amines) is 1. The van der Waals surface area contributed by atoms with Gasteiger partial charge in [-0.15, -0.1) is 0 Å². The van der Waals surface area contributed by atoms with E-state index in [2.05, 4.69) is 24.1 Å². The summed E-state index contributed by atoms with van der Waals surface area (Å²) >= 11 is 0. The Hall–Kier alpha value is -4.47. The number of aromatic nitrogens is 1. The SMILES string of the molecule is CCCCCN(CCCCC)C(=O)[C@@H]1C[C@H](Oc2ccc(C[C@H](NC(=O)C(CC)CC)C(N)=O)cc2)CN1C(=O)c1cnc2ccccc2c1. The fraction of sp³-hybridized carbons (Fsp3) is 0.525. The zero-order valence-corrected chi connectivity index (χ0v) is 30.2. The number of carbonyl (C=O) groups excluding carboxylic acids is 4. The van der Waals surface area contributed by atoms with E-state index >= 15 is 0 Å². The number of ether oxygens (including phenoxy) is 1. The number of primary amides is 1. The van der Waals surface area contributed by atoms with E-state index < -0.39 is 24.1 Å². The van der Waals surface area contributed by atoms with Gasteiger partial charge in [0.25, 0.3) is 5.91 Å². The van der Waals surface area contributed by atoms with Crippen molar-refractivity contribution in [2.24, 2.45) is 11.7 Å². The predicted octanol–water partition coefficient (Wildman–Crippen LogP) is 6.05. The van der Waals surface area contributed by atoms with Crippen LogP contribution in [0.15, 0.2) is 60.8 Å². The predicted molar refractivity (Wildman–Crippen MR) is 197 cm³/mol. The highest BCUT2D eigenvalue weighted by molar-refractivity contribution is 6.00. The van der Waals surface area contributed by atoms with Gasteiger partial charge in [0.1, 0.15) is 23.9 Å². The molecule has 0 aliphatic carbocycles. The molecule has 1 fully saturated rings. The first-order chi connectivity index (χ1) is 24.2. The number of carbonyl (C=O) groups is 4. The van der Waals surface area contributed by atoms with Crippen LogP contribution in [0.5, 0.6) is 5.75 Å². The molecular weight excluding hydrogens is 630 g/mol. The lowest BCUT2D eigenvalue weighted by Gasteiger charge is -2.30. The summed E-state index contributed by atoms with van der Waals surface area (Å²) in [5.74, 6) is -0.607. The van der Waals surface area contributed by atoms with Crippen LogP contribution in [-0.2, 0) is 20.8 Å². The third kappa shape index (κ3) is 10.3. The third-order valence-corrected chi connectivity index (χ3v) is 9.70. The molecule has 0 unspecified atom stereocenters. The van der Waals surface area contributed by atoms with E-state index in [1.807, 2.05) is 73.3 Å². The molecule has 1 aliphatic rings. The number of nitrogens with two attached hydrogens (primary N) is 1. The van der Waals surface area contributed by atoms with Crippen LogP contribution < -0.4 is 15.8 Å². The molecular formula is C40H55N5O5. The van der Waals surface area contributed by atoms with Crippen molar-refractivity contribution in [1.82, 2.24) is 20.1 Å². The van der Waals surface area contributed by atoms with Crippen molar-refractivity contribution >= 4 is 34.5 Å². The zero-order chi connectivity index (χ0) is 36.0. The van der Waals surface area contributed by atoms with Gasteiger partial charge in [0.2, 0.25) is 17.7 Å². The van der Waals surface area contributed by atoms with Crippen LogP contribution in [0, 0.1) is 5.92 Å². The summed E-state index contributed by atoms with van der Waals surface area (Å²) in [7, 11) is 0. The lowest BCUT2D eigenvalue weighted by Crippen LogP contribution is -2.48. The molecule has 4 amide bonds. The van der Waals surface area contributed by atoms with Gasteiger partial charge in [0, 0.05) is 43.4 Å². The Labute approximate surface area is 297 Å². The van der Waals surface area contributed by atoms with Crippen molar-refractivity contribution in [3.05, 3.63) is 71.9 Å². The van der Waals surface area contributed by atoms with Crippen LogP contribution in [-0.4, -0.2) is 76.2 Å². The standard InChI is InChI=1S/C40H55N5O5/c1-5-9-13-21-44(22-14-10-6-2)40(49)36-25-33(27-45(36)39(48)31-24-30-15-11-12-16-34(30)42-26-31)50-32-19-17-28(18-20-32)23-35(37(41)46)43-38(47)29(7-3)8-4/h11-12,15-20,24,26,29,33,35-36H,5-10,13-14,21-23,25,27H2,1-4H3,(H2,41,46)(H,43,47)/t33-,35-,36-/m0/s1. The molecule has 2 heterocycles. The van der Waals surface area contributed by atoms with Gasteiger partial charge in [-0.25, -0.2) is 0 Å². The molecule has 0 spiro atoms. The zero-order valence-electron chi connectivity index (χ0n) is 30.2. The molecule has 1 aliphatic heterocycles. The minimum Gasteiger partial charge on any atom is -0.488 e. The maximum absolute atomic E-state index is 14.2. The highest BCUT2D eigenvalue weighted by Gasteiger charge is 2.42. The van der Waals surface area contributed by atoms with E-state index in [9.17, 15) is 19.2 Å². The van der Waals surface area contributed by atoms with Gasteiger partial charge in [-0.1, -0.05) is 83.7 Å². The van der Waals surface area contributed by atoms with Gasteiger partial charge in [-0.3, -0.25) is 24.2 Å². The van der Waals surface area contributed by atoms with Crippen molar-refractivity contribution in [3.63, 3.8) is 0 Å². The Morgan fingerprint density at radius 3 is 2.22 bits per heavy atom. The average molecular weight is 686 g/mol. The quantitative estimate of drug-likeness (QED) is 0.148. The molecule has 0 radical (unpaired) electrons. The number of unbranched alkanes of at least 4 members (excludes halogenated alkanes) is 4. The van der Waals surface area contributed by atoms with Gasteiger partial charge in [0.15, 0.2) is 0 Å². The van der Waals surface area contributed by atoms with Gasteiger partial charge >= 0.3 is 0 Å². The molecule has 10 heteroatoms. The number of nitrogens with one attached hydrogen (secondary N) is 1. The van der Waals surface area contributed by atoms with Gasteiger partial charge < -0.3 is 25.6 Å². The molecule has 3 N–H and O–H groups in total. The summed E-state index contributed by atoms with van der Waals surface area (Å²) in [6.45, 7) is 9.79. The third-order valence-electron chi connectivity index (χ3n) is 9.70. The highest BCUT2D eigenvalue weighted by Crippen LogP contribution is 2.28. The van der Waals surface area contributed by atoms with E-state index in [0.29, 0.717) is 43.7 Å². The summed E-state index contributed by atoms with van der Waals surface area (Å²) in [5.41, 5.74) is 7.70. The molecule has 3 atom stereocenters. The van der Waals surface area contributed by atoms with Crippen LogP contribution in [0.3, 0.4) is 0 Å². The van der Waals surface area contributed by atoms with E-state index in [1.165, 1.54) is 0 Å². The minimum atomic E-state index is -0.821. The van der Waals surface area contributed by atoms with Crippen molar-refractivity contribution in [2.45, 2.75) is 110 Å². The first-order valence-corrected chi connectivity index (χ1v) is 18.5. The molecule has 1 saturated heterocycles. The number of hydrogen-bond donors (Lipinski definition) is 2. The number of hydrogen-bond acceptors (Lipinski definition) is 6.